The average Bonchev–Trinajstić information content (AvgIpc) is 2.85. The van der Waals surface area contributed by atoms with E-state index in [2.05, 4.69) is 5.32 Å². The molecule has 0 saturated heterocycles. The Morgan fingerprint density at radius 3 is 2.24 bits per heavy atom. The predicted molar refractivity (Wildman–Crippen MR) is 147 cm³/mol. The van der Waals surface area contributed by atoms with Crippen molar-refractivity contribution in [3.63, 3.8) is 0 Å². The van der Waals surface area contributed by atoms with Crippen LogP contribution in [0.25, 0.3) is 0 Å². The van der Waals surface area contributed by atoms with Crippen LogP contribution in [0.1, 0.15) is 31.9 Å². The molecule has 2 amide bonds. The van der Waals surface area contributed by atoms with Crippen molar-refractivity contribution in [3.8, 4) is 0 Å². The molecule has 1 atom stereocenters. The van der Waals surface area contributed by atoms with Gasteiger partial charge < -0.3 is 10.2 Å². The fourth-order valence-corrected chi connectivity index (χ4v) is 5.46. The van der Waals surface area contributed by atoms with Crippen LogP contribution < -0.4 is 9.62 Å². The first-order chi connectivity index (χ1) is 17.9. The molecule has 3 aromatic carbocycles. The zero-order valence-electron chi connectivity index (χ0n) is 21.7. The number of nitrogens with one attached hydrogen (secondary N) is 1. The lowest BCUT2D eigenvalue weighted by Gasteiger charge is -2.32. The highest BCUT2D eigenvalue weighted by Gasteiger charge is 2.33. The van der Waals surface area contributed by atoms with Gasteiger partial charge in [0.2, 0.25) is 11.8 Å². The number of hydrogen-bond donors (Lipinski definition) is 1. The van der Waals surface area contributed by atoms with Gasteiger partial charge in [0, 0.05) is 17.6 Å². The number of sulfonamides is 1. The van der Waals surface area contributed by atoms with Crippen LogP contribution in [0.2, 0.25) is 5.02 Å². The second kappa shape index (κ2) is 12.4. The lowest BCUT2D eigenvalue weighted by molar-refractivity contribution is -0.139. The Kier molecular flexibility index (Phi) is 9.51. The molecule has 0 aromatic heterocycles. The lowest BCUT2D eigenvalue weighted by Crippen LogP contribution is -2.52. The summed E-state index contributed by atoms with van der Waals surface area (Å²) in [4.78, 5) is 27.8. The number of rotatable bonds is 10. The van der Waals surface area contributed by atoms with E-state index in [0.29, 0.717) is 10.6 Å². The monoisotopic (exact) mass is 559 g/mol. The third kappa shape index (κ3) is 7.11. The van der Waals surface area contributed by atoms with Crippen LogP contribution in [-0.4, -0.2) is 43.8 Å². The van der Waals surface area contributed by atoms with Gasteiger partial charge in [0.15, 0.2) is 0 Å². The Bertz CT molecular complexity index is 1400. The molecule has 202 valence electrons. The molecule has 7 nitrogen and oxygen atoms in total. The van der Waals surface area contributed by atoms with Crippen molar-refractivity contribution in [3.05, 3.63) is 94.8 Å². The fourth-order valence-electron chi connectivity index (χ4n) is 3.82. The smallest absolute Gasteiger partial charge is 0.264 e. The Labute approximate surface area is 228 Å². The molecule has 0 saturated carbocycles. The van der Waals surface area contributed by atoms with Crippen molar-refractivity contribution in [2.75, 3.05) is 10.8 Å². The van der Waals surface area contributed by atoms with Crippen molar-refractivity contribution in [1.82, 2.24) is 10.2 Å². The van der Waals surface area contributed by atoms with Gasteiger partial charge in [0.05, 0.1) is 10.6 Å². The van der Waals surface area contributed by atoms with Crippen molar-refractivity contribution in [2.24, 2.45) is 0 Å². The Balaban J connectivity index is 2.05. The Morgan fingerprint density at radius 2 is 1.63 bits per heavy atom. The predicted octanol–water partition coefficient (Wildman–Crippen LogP) is 4.92. The second-order valence-electron chi connectivity index (χ2n) is 9.27. The zero-order valence-corrected chi connectivity index (χ0v) is 23.3. The van der Waals surface area contributed by atoms with E-state index in [9.17, 15) is 22.4 Å². The summed E-state index contributed by atoms with van der Waals surface area (Å²) in [6.45, 7) is 6.22. The lowest BCUT2D eigenvalue weighted by atomic mass is 10.1. The summed E-state index contributed by atoms with van der Waals surface area (Å²) in [6, 6.07) is 17.1. The molecular weight excluding hydrogens is 529 g/mol. The van der Waals surface area contributed by atoms with Gasteiger partial charge in [-0.25, -0.2) is 12.8 Å². The minimum atomic E-state index is -4.34. The van der Waals surface area contributed by atoms with Gasteiger partial charge in [-0.15, -0.1) is 0 Å². The topological polar surface area (TPSA) is 86.8 Å². The standard InChI is InChI=1S/C28H31ClFN3O4S/c1-19(2)31-28(35)21(4)32(17-22-8-7-9-23(29)16-22)27(34)18-33(26-11-6-5-10-25(26)30)38(36,37)24-14-12-20(3)13-15-24/h5-16,19,21H,17-18H2,1-4H3,(H,31,35). The molecule has 3 aromatic rings. The van der Waals surface area contributed by atoms with Crippen LogP contribution in [0.5, 0.6) is 0 Å². The number of para-hydroxylation sites is 1. The quantitative estimate of drug-likeness (QED) is 0.382. The molecule has 0 aliphatic rings. The van der Waals surface area contributed by atoms with Gasteiger partial charge in [-0.2, -0.15) is 0 Å². The van der Waals surface area contributed by atoms with Crippen molar-refractivity contribution in [1.29, 1.82) is 0 Å². The Morgan fingerprint density at radius 1 is 0.974 bits per heavy atom. The third-order valence-electron chi connectivity index (χ3n) is 5.85. The number of amides is 2. The van der Waals surface area contributed by atoms with Crippen LogP contribution in [0.3, 0.4) is 0 Å². The van der Waals surface area contributed by atoms with Crippen LogP contribution in [0.4, 0.5) is 10.1 Å². The number of nitrogens with zero attached hydrogens (tertiary/aromatic N) is 2. The first-order valence-corrected chi connectivity index (χ1v) is 13.9. The zero-order chi connectivity index (χ0) is 28.0. The summed E-state index contributed by atoms with van der Waals surface area (Å²) < 4.78 is 43.1. The first kappa shape index (κ1) is 29.1. The van der Waals surface area contributed by atoms with E-state index in [4.69, 9.17) is 11.6 Å². The van der Waals surface area contributed by atoms with Gasteiger partial charge >= 0.3 is 0 Å². The number of carbonyl (C=O) groups excluding carboxylic acids is 2. The molecule has 38 heavy (non-hydrogen) atoms. The summed E-state index contributed by atoms with van der Waals surface area (Å²) in [5.41, 5.74) is 1.22. The number of benzene rings is 3. The molecule has 0 radical (unpaired) electrons. The normalized spacial score (nSPS) is 12.2. The maximum Gasteiger partial charge on any atom is 0.264 e. The van der Waals surface area contributed by atoms with E-state index in [-0.39, 0.29) is 23.2 Å². The van der Waals surface area contributed by atoms with Crippen LogP contribution in [0.15, 0.2) is 77.7 Å². The summed E-state index contributed by atoms with van der Waals surface area (Å²) in [5, 5.41) is 3.23. The van der Waals surface area contributed by atoms with Crippen LogP contribution in [-0.2, 0) is 26.2 Å². The minimum Gasteiger partial charge on any atom is -0.352 e. The first-order valence-electron chi connectivity index (χ1n) is 12.1. The maximum absolute atomic E-state index is 14.9. The van der Waals surface area contributed by atoms with Crippen LogP contribution >= 0.6 is 11.6 Å². The highest BCUT2D eigenvalue weighted by molar-refractivity contribution is 7.92. The van der Waals surface area contributed by atoms with E-state index < -0.39 is 40.2 Å². The molecule has 0 aliphatic heterocycles. The SMILES string of the molecule is Cc1ccc(S(=O)(=O)N(CC(=O)N(Cc2cccc(Cl)c2)C(C)C(=O)NC(C)C)c2ccccc2F)cc1. The van der Waals surface area contributed by atoms with Crippen molar-refractivity contribution < 1.29 is 22.4 Å². The molecule has 0 aliphatic carbocycles. The Hall–Kier alpha value is -3.43. The highest BCUT2D eigenvalue weighted by atomic mass is 35.5. The van der Waals surface area contributed by atoms with Crippen molar-refractivity contribution >= 4 is 39.1 Å². The number of halogens is 2. The summed E-state index contributed by atoms with van der Waals surface area (Å²) in [6.07, 6.45) is 0. The number of carbonyl (C=O) groups is 2. The molecule has 0 spiro atoms. The number of aryl methyl sites for hydroxylation is 1. The van der Waals surface area contributed by atoms with Gasteiger partial charge in [0.1, 0.15) is 18.4 Å². The number of hydrogen-bond acceptors (Lipinski definition) is 4. The summed E-state index contributed by atoms with van der Waals surface area (Å²) in [5.74, 6) is -1.90. The molecule has 1 unspecified atom stereocenters. The van der Waals surface area contributed by atoms with Crippen LogP contribution in [0, 0.1) is 12.7 Å². The molecule has 0 fully saturated rings. The van der Waals surface area contributed by atoms with Gasteiger partial charge in [0.25, 0.3) is 10.0 Å². The summed E-state index contributed by atoms with van der Waals surface area (Å²) in [7, 11) is -4.34. The molecular formula is C28H31ClFN3O4S. The van der Waals surface area contributed by atoms with E-state index in [1.54, 1.807) is 57.2 Å². The number of anilines is 1. The van der Waals surface area contributed by atoms with E-state index in [0.717, 1.165) is 15.9 Å². The molecule has 1 N–H and O–H groups in total. The van der Waals surface area contributed by atoms with Gasteiger partial charge in [-0.1, -0.05) is 53.6 Å². The largest absolute Gasteiger partial charge is 0.352 e. The van der Waals surface area contributed by atoms with E-state index in [1.165, 1.54) is 35.2 Å². The van der Waals surface area contributed by atoms with E-state index in [1.807, 2.05) is 6.92 Å². The third-order valence-corrected chi connectivity index (χ3v) is 7.86. The molecule has 10 heteroatoms. The highest BCUT2D eigenvalue weighted by Crippen LogP contribution is 2.27. The van der Waals surface area contributed by atoms with Crippen molar-refractivity contribution in [2.45, 2.75) is 51.2 Å². The fraction of sp³-hybridized carbons (Fsp3) is 0.286. The maximum atomic E-state index is 14.9. The molecule has 3 rings (SSSR count). The van der Waals surface area contributed by atoms with Gasteiger partial charge in [-0.05, 0) is 69.7 Å². The minimum absolute atomic E-state index is 0.0121. The van der Waals surface area contributed by atoms with Gasteiger partial charge in [-0.3, -0.25) is 13.9 Å². The average molecular weight is 560 g/mol. The molecule has 0 heterocycles. The summed E-state index contributed by atoms with van der Waals surface area (Å²) >= 11 is 6.13. The van der Waals surface area contributed by atoms with E-state index >= 15 is 0 Å². The molecule has 0 bridgehead atoms. The second-order valence-corrected chi connectivity index (χ2v) is 11.6.